The minimum Gasteiger partial charge on any atom is -0.464 e. The molecule has 7 heteroatoms. The molecule has 0 saturated carbocycles. The molecule has 0 spiro atoms. The first-order valence-electron chi connectivity index (χ1n) is 5.56. The standard InChI is InChI=1S/C11H16N4O3/c1-5-18-11(17)10(8(4)16)15-14-9-6(2)12-13-7(9)3/h10H,5H2,1-4H3,(H,12,13). The molecule has 0 aliphatic carbocycles. The Morgan fingerprint density at radius 2 is 2.11 bits per heavy atom. The van der Waals surface area contributed by atoms with E-state index in [1.165, 1.54) is 6.92 Å². The Morgan fingerprint density at radius 3 is 2.56 bits per heavy atom. The number of ether oxygens (including phenoxy) is 1. The summed E-state index contributed by atoms with van der Waals surface area (Å²) in [6.07, 6.45) is 0. The zero-order chi connectivity index (χ0) is 13.7. The highest BCUT2D eigenvalue weighted by atomic mass is 16.5. The molecule has 0 saturated heterocycles. The van der Waals surface area contributed by atoms with Crippen LogP contribution in [0, 0.1) is 13.8 Å². The maximum atomic E-state index is 11.5. The molecule has 1 unspecified atom stereocenters. The lowest BCUT2D eigenvalue weighted by atomic mass is 10.2. The van der Waals surface area contributed by atoms with E-state index >= 15 is 0 Å². The number of azo groups is 1. The molecule has 1 N–H and O–H groups in total. The van der Waals surface area contributed by atoms with Gasteiger partial charge in [0.05, 0.1) is 18.0 Å². The van der Waals surface area contributed by atoms with Gasteiger partial charge in [-0.15, -0.1) is 0 Å². The molecule has 0 aliphatic rings. The van der Waals surface area contributed by atoms with Gasteiger partial charge >= 0.3 is 5.97 Å². The Morgan fingerprint density at radius 1 is 1.44 bits per heavy atom. The maximum absolute atomic E-state index is 11.5. The van der Waals surface area contributed by atoms with Gasteiger partial charge in [0.2, 0.25) is 6.04 Å². The predicted molar refractivity (Wildman–Crippen MR) is 63.7 cm³/mol. The Labute approximate surface area is 105 Å². The summed E-state index contributed by atoms with van der Waals surface area (Å²) >= 11 is 0. The van der Waals surface area contributed by atoms with Gasteiger partial charge in [0.1, 0.15) is 5.69 Å². The zero-order valence-corrected chi connectivity index (χ0v) is 10.9. The molecular weight excluding hydrogens is 236 g/mol. The summed E-state index contributed by atoms with van der Waals surface area (Å²) in [6.45, 7) is 6.67. The van der Waals surface area contributed by atoms with Gasteiger partial charge in [-0.05, 0) is 27.7 Å². The lowest BCUT2D eigenvalue weighted by Crippen LogP contribution is -2.28. The van der Waals surface area contributed by atoms with Crippen LogP contribution in [0.3, 0.4) is 0 Å². The summed E-state index contributed by atoms with van der Waals surface area (Å²) in [5.74, 6) is -1.09. The average molecular weight is 252 g/mol. The Bertz CT molecular complexity index is 459. The number of hydrogen-bond donors (Lipinski definition) is 1. The highest BCUT2D eigenvalue weighted by Gasteiger charge is 2.24. The zero-order valence-electron chi connectivity index (χ0n) is 10.9. The van der Waals surface area contributed by atoms with Crippen molar-refractivity contribution < 1.29 is 14.3 Å². The summed E-state index contributed by atoms with van der Waals surface area (Å²) in [5.41, 5.74) is 1.91. The fraction of sp³-hybridized carbons (Fsp3) is 0.545. The van der Waals surface area contributed by atoms with Gasteiger partial charge in [0.15, 0.2) is 5.78 Å². The number of aromatic nitrogens is 2. The van der Waals surface area contributed by atoms with Crippen molar-refractivity contribution in [3.63, 3.8) is 0 Å². The predicted octanol–water partition coefficient (Wildman–Crippen LogP) is 1.63. The second kappa shape index (κ2) is 6.04. The number of nitrogens with zero attached hydrogens (tertiary/aromatic N) is 3. The van der Waals surface area contributed by atoms with Crippen LogP contribution < -0.4 is 0 Å². The Balaban J connectivity index is 2.91. The normalized spacial score (nSPS) is 12.7. The Hall–Kier alpha value is -2.05. The molecule has 0 bridgehead atoms. The van der Waals surface area contributed by atoms with Gasteiger partial charge in [-0.1, -0.05) is 0 Å². The molecule has 7 nitrogen and oxygen atoms in total. The highest BCUT2D eigenvalue weighted by Crippen LogP contribution is 2.21. The maximum Gasteiger partial charge on any atom is 0.340 e. The van der Waals surface area contributed by atoms with Gasteiger partial charge in [-0.25, -0.2) is 4.79 Å². The van der Waals surface area contributed by atoms with Crippen LogP contribution in [-0.4, -0.2) is 34.6 Å². The molecule has 1 aromatic rings. The van der Waals surface area contributed by atoms with Crippen molar-refractivity contribution in [2.75, 3.05) is 6.61 Å². The van der Waals surface area contributed by atoms with Crippen molar-refractivity contribution in [3.05, 3.63) is 11.4 Å². The van der Waals surface area contributed by atoms with Crippen molar-refractivity contribution in [2.24, 2.45) is 10.2 Å². The van der Waals surface area contributed by atoms with Crippen LogP contribution in [0.5, 0.6) is 0 Å². The van der Waals surface area contributed by atoms with Crippen LogP contribution in [0.2, 0.25) is 0 Å². The summed E-state index contributed by atoms with van der Waals surface area (Å²) in [6, 6.07) is -1.21. The van der Waals surface area contributed by atoms with E-state index in [-0.39, 0.29) is 6.61 Å². The molecular formula is C11H16N4O3. The van der Waals surface area contributed by atoms with E-state index in [0.29, 0.717) is 11.4 Å². The third-order valence-corrected chi connectivity index (χ3v) is 2.26. The molecule has 1 atom stereocenters. The fourth-order valence-corrected chi connectivity index (χ4v) is 1.32. The van der Waals surface area contributed by atoms with Crippen LogP contribution in [0.1, 0.15) is 25.2 Å². The molecule has 0 radical (unpaired) electrons. The number of Topliss-reactive ketones (excluding diaryl/α,β-unsaturated/α-hetero) is 1. The molecule has 98 valence electrons. The van der Waals surface area contributed by atoms with Crippen LogP contribution in [0.4, 0.5) is 5.69 Å². The van der Waals surface area contributed by atoms with Gasteiger partial charge in [0.25, 0.3) is 0 Å². The lowest BCUT2D eigenvalue weighted by Gasteiger charge is -2.06. The molecule has 0 fully saturated rings. The smallest absolute Gasteiger partial charge is 0.340 e. The first-order chi connectivity index (χ1) is 8.47. The van der Waals surface area contributed by atoms with E-state index in [4.69, 9.17) is 4.74 Å². The van der Waals surface area contributed by atoms with E-state index in [1.807, 2.05) is 0 Å². The number of aromatic amines is 1. The minimum absolute atomic E-state index is 0.196. The topological polar surface area (TPSA) is 96.8 Å². The quantitative estimate of drug-likeness (QED) is 0.489. The van der Waals surface area contributed by atoms with E-state index in [2.05, 4.69) is 20.4 Å². The summed E-state index contributed by atoms with van der Waals surface area (Å²) in [4.78, 5) is 22.8. The molecule has 0 amide bonds. The average Bonchev–Trinajstić information content (AvgIpc) is 2.60. The number of carbonyl (C=O) groups is 2. The number of ketones is 1. The molecule has 0 aromatic carbocycles. The van der Waals surface area contributed by atoms with Crippen LogP contribution >= 0.6 is 0 Å². The van der Waals surface area contributed by atoms with Gasteiger partial charge in [0, 0.05) is 0 Å². The van der Waals surface area contributed by atoms with Crippen LogP contribution in [0.25, 0.3) is 0 Å². The summed E-state index contributed by atoms with van der Waals surface area (Å²) < 4.78 is 4.76. The number of hydrogen-bond acceptors (Lipinski definition) is 6. The monoisotopic (exact) mass is 252 g/mol. The third-order valence-electron chi connectivity index (χ3n) is 2.26. The Kier molecular flexibility index (Phi) is 4.70. The summed E-state index contributed by atoms with van der Waals surface area (Å²) in [7, 11) is 0. The van der Waals surface area contributed by atoms with Gasteiger partial charge in [-0.3, -0.25) is 9.89 Å². The molecule has 1 rings (SSSR count). The molecule has 0 aliphatic heterocycles. The van der Waals surface area contributed by atoms with Crippen molar-refractivity contribution >= 4 is 17.4 Å². The number of H-pyrrole nitrogens is 1. The van der Waals surface area contributed by atoms with E-state index in [1.54, 1.807) is 20.8 Å². The number of carbonyl (C=O) groups excluding carboxylic acids is 2. The third kappa shape index (κ3) is 3.22. The van der Waals surface area contributed by atoms with E-state index in [0.717, 1.165) is 5.69 Å². The van der Waals surface area contributed by atoms with Crippen LogP contribution in [0.15, 0.2) is 10.2 Å². The van der Waals surface area contributed by atoms with Gasteiger partial charge < -0.3 is 4.74 Å². The van der Waals surface area contributed by atoms with Crippen molar-refractivity contribution in [2.45, 2.75) is 33.7 Å². The number of esters is 1. The molecule has 1 aromatic heterocycles. The lowest BCUT2D eigenvalue weighted by molar-refractivity contribution is -0.147. The second-order valence-electron chi connectivity index (χ2n) is 3.76. The minimum atomic E-state index is -1.21. The SMILES string of the molecule is CCOC(=O)C(N=Nc1c(C)n[nH]c1C)C(C)=O. The number of nitrogens with one attached hydrogen (secondary N) is 1. The van der Waals surface area contributed by atoms with E-state index in [9.17, 15) is 9.59 Å². The fourth-order valence-electron chi connectivity index (χ4n) is 1.32. The molecule has 18 heavy (non-hydrogen) atoms. The highest BCUT2D eigenvalue weighted by molar-refractivity contribution is 6.02. The number of aryl methyl sites for hydroxylation is 2. The number of rotatable bonds is 5. The van der Waals surface area contributed by atoms with Crippen molar-refractivity contribution in [1.29, 1.82) is 0 Å². The van der Waals surface area contributed by atoms with E-state index < -0.39 is 17.8 Å². The first-order valence-corrected chi connectivity index (χ1v) is 5.56. The van der Waals surface area contributed by atoms with Crippen molar-refractivity contribution in [3.8, 4) is 0 Å². The van der Waals surface area contributed by atoms with Crippen molar-refractivity contribution in [1.82, 2.24) is 10.2 Å². The van der Waals surface area contributed by atoms with Gasteiger partial charge in [-0.2, -0.15) is 15.3 Å². The summed E-state index contributed by atoms with van der Waals surface area (Å²) in [5, 5.41) is 14.3. The second-order valence-corrected chi connectivity index (χ2v) is 3.76. The first kappa shape index (κ1) is 14.0. The van der Waals surface area contributed by atoms with Crippen LogP contribution in [-0.2, 0) is 14.3 Å². The molecule has 1 heterocycles. The largest absolute Gasteiger partial charge is 0.464 e.